The highest BCUT2D eigenvalue weighted by Crippen LogP contribution is 2.32. The Morgan fingerprint density at radius 1 is 1.58 bits per heavy atom. The molecule has 1 aliphatic carbocycles. The van der Waals surface area contributed by atoms with Crippen molar-refractivity contribution in [3.8, 4) is 0 Å². The minimum absolute atomic E-state index is 0.0848. The highest BCUT2D eigenvalue weighted by molar-refractivity contribution is 5.17. The van der Waals surface area contributed by atoms with Gasteiger partial charge in [-0.05, 0) is 25.2 Å². The Balaban J connectivity index is 2.02. The van der Waals surface area contributed by atoms with Crippen LogP contribution in [-0.4, -0.2) is 27.0 Å². The maximum Gasteiger partial charge on any atom is 0.0666 e. The number of aryl methyl sites for hydroxylation is 2. The predicted octanol–water partition coefficient (Wildman–Crippen LogP) is 2.01. The van der Waals surface area contributed by atoms with Gasteiger partial charge in [-0.15, -0.1) is 0 Å². The van der Waals surface area contributed by atoms with Gasteiger partial charge in [-0.25, -0.2) is 0 Å². The molecule has 19 heavy (non-hydrogen) atoms. The van der Waals surface area contributed by atoms with Gasteiger partial charge in [0, 0.05) is 30.9 Å². The maximum absolute atomic E-state index is 9.79. The molecule has 4 heteroatoms. The summed E-state index contributed by atoms with van der Waals surface area (Å²) >= 11 is 0. The van der Waals surface area contributed by atoms with E-state index in [1.165, 1.54) is 18.4 Å². The zero-order valence-corrected chi connectivity index (χ0v) is 12.4. The summed E-state index contributed by atoms with van der Waals surface area (Å²) < 4.78 is 1.88. The fourth-order valence-electron chi connectivity index (χ4n) is 3.33. The van der Waals surface area contributed by atoms with E-state index < -0.39 is 0 Å². The lowest BCUT2D eigenvalue weighted by Gasteiger charge is -2.39. The molecule has 1 heterocycles. The van der Waals surface area contributed by atoms with Gasteiger partial charge in [-0.3, -0.25) is 4.68 Å². The van der Waals surface area contributed by atoms with Gasteiger partial charge in [0.2, 0.25) is 0 Å². The van der Waals surface area contributed by atoms with Crippen molar-refractivity contribution >= 4 is 0 Å². The van der Waals surface area contributed by atoms with Crippen LogP contribution in [0.15, 0.2) is 6.20 Å². The van der Waals surface area contributed by atoms with E-state index in [9.17, 15) is 5.11 Å². The molecule has 4 nitrogen and oxygen atoms in total. The van der Waals surface area contributed by atoms with Crippen LogP contribution in [0.4, 0.5) is 0 Å². The minimum Gasteiger partial charge on any atom is -0.394 e. The highest BCUT2D eigenvalue weighted by atomic mass is 16.3. The second kappa shape index (κ2) is 6.06. The number of hydrogen-bond acceptors (Lipinski definition) is 3. The molecule has 0 aromatic carbocycles. The largest absolute Gasteiger partial charge is 0.394 e. The summed E-state index contributed by atoms with van der Waals surface area (Å²) in [5.41, 5.74) is 2.33. The monoisotopic (exact) mass is 265 g/mol. The first-order valence-corrected chi connectivity index (χ1v) is 7.46. The van der Waals surface area contributed by atoms with Crippen molar-refractivity contribution < 1.29 is 5.11 Å². The number of nitrogens with one attached hydrogen (secondary N) is 1. The van der Waals surface area contributed by atoms with E-state index >= 15 is 0 Å². The van der Waals surface area contributed by atoms with Gasteiger partial charge >= 0.3 is 0 Å². The van der Waals surface area contributed by atoms with Crippen molar-refractivity contribution in [3.05, 3.63) is 17.5 Å². The summed E-state index contributed by atoms with van der Waals surface area (Å²) in [4.78, 5) is 0. The van der Waals surface area contributed by atoms with Crippen LogP contribution in [0.5, 0.6) is 0 Å². The van der Waals surface area contributed by atoms with E-state index in [1.807, 2.05) is 11.7 Å². The molecule has 0 aliphatic heterocycles. The van der Waals surface area contributed by atoms with E-state index in [4.69, 9.17) is 0 Å². The van der Waals surface area contributed by atoms with Gasteiger partial charge < -0.3 is 10.4 Å². The molecule has 1 aromatic rings. The number of aliphatic hydroxyl groups excluding tert-OH is 1. The number of aromatic nitrogens is 2. The Hall–Kier alpha value is -0.870. The SMILES string of the molecule is CCc1nn(C)cc1CNC1(CO)CCCC(C)C1. The normalized spacial score (nSPS) is 27.7. The topological polar surface area (TPSA) is 50.1 Å². The Labute approximate surface area is 116 Å². The van der Waals surface area contributed by atoms with Crippen molar-refractivity contribution in [1.82, 2.24) is 15.1 Å². The summed E-state index contributed by atoms with van der Waals surface area (Å²) in [6.45, 7) is 5.46. The predicted molar refractivity (Wildman–Crippen MR) is 76.9 cm³/mol. The van der Waals surface area contributed by atoms with E-state index in [0.717, 1.165) is 31.5 Å². The third kappa shape index (κ3) is 3.37. The van der Waals surface area contributed by atoms with Crippen molar-refractivity contribution in [2.75, 3.05) is 6.61 Å². The molecule has 0 amide bonds. The summed E-state index contributed by atoms with van der Waals surface area (Å²) in [6.07, 6.45) is 7.70. The van der Waals surface area contributed by atoms with Crippen LogP contribution in [0.3, 0.4) is 0 Å². The first-order chi connectivity index (χ1) is 9.08. The fraction of sp³-hybridized carbons (Fsp3) is 0.800. The minimum atomic E-state index is -0.0848. The molecule has 0 bridgehead atoms. The highest BCUT2D eigenvalue weighted by Gasteiger charge is 2.33. The summed E-state index contributed by atoms with van der Waals surface area (Å²) in [5, 5.41) is 17.9. The van der Waals surface area contributed by atoms with Crippen LogP contribution in [-0.2, 0) is 20.0 Å². The van der Waals surface area contributed by atoms with E-state index in [1.54, 1.807) is 0 Å². The van der Waals surface area contributed by atoms with Gasteiger partial charge in [-0.2, -0.15) is 5.10 Å². The lowest BCUT2D eigenvalue weighted by molar-refractivity contribution is 0.0982. The van der Waals surface area contributed by atoms with Gasteiger partial charge in [0.15, 0.2) is 0 Å². The molecule has 0 radical (unpaired) electrons. The van der Waals surface area contributed by atoms with Gasteiger partial charge in [-0.1, -0.05) is 26.7 Å². The van der Waals surface area contributed by atoms with E-state index in [-0.39, 0.29) is 12.1 Å². The van der Waals surface area contributed by atoms with E-state index in [2.05, 4.69) is 30.5 Å². The molecular formula is C15H27N3O. The molecule has 2 atom stereocenters. The Kier molecular flexibility index (Phi) is 4.63. The molecule has 2 N–H and O–H groups in total. The van der Waals surface area contributed by atoms with Crippen molar-refractivity contribution in [2.45, 2.75) is 58.0 Å². The van der Waals surface area contributed by atoms with E-state index in [0.29, 0.717) is 5.92 Å². The van der Waals surface area contributed by atoms with Gasteiger partial charge in [0.1, 0.15) is 0 Å². The molecule has 108 valence electrons. The molecule has 1 fully saturated rings. The maximum atomic E-state index is 9.79. The molecule has 1 aliphatic rings. The Morgan fingerprint density at radius 2 is 2.37 bits per heavy atom. The average Bonchev–Trinajstić information content (AvgIpc) is 2.77. The zero-order valence-electron chi connectivity index (χ0n) is 12.4. The van der Waals surface area contributed by atoms with Crippen molar-refractivity contribution in [2.24, 2.45) is 13.0 Å². The van der Waals surface area contributed by atoms with Crippen LogP contribution in [0.25, 0.3) is 0 Å². The first-order valence-electron chi connectivity index (χ1n) is 7.46. The van der Waals surface area contributed by atoms with Gasteiger partial charge in [0.25, 0.3) is 0 Å². The molecule has 0 saturated heterocycles. The van der Waals surface area contributed by atoms with Crippen LogP contribution in [0.1, 0.15) is 50.8 Å². The van der Waals surface area contributed by atoms with Crippen LogP contribution in [0, 0.1) is 5.92 Å². The number of aliphatic hydroxyl groups is 1. The third-order valence-corrected chi connectivity index (χ3v) is 4.37. The number of hydrogen-bond donors (Lipinski definition) is 2. The number of rotatable bonds is 5. The summed E-state index contributed by atoms with van der Waals surface area (Å²) in [5.74, 6) is 0.702. The van der Waals surface area contributed by atoms with Crippen LogP contribution in [0.2, 0.25) is 0 Å². The molecular weight excluding hydrogens is 238 g/mol. The molecule has 1 saturated carbocycles. The van der Waals surface area contributed by atoms with Crippen LogP contribution < -0.4 is 5.32 Å². The van der Waals surface area contributed by atoms with Crippen LogP contribution >= 0.6 is 0 Å². The molecule has 1 aromatic heterocycles. The van der Waals surface area contributed by atoms with Gasteiger partial charge in [0.05, 0.1) is 12.3 Å². The summed E-state index contributed by atoms with van der Waals surface area (Å²) in [6, 6.07) is 0. The smallest absolute Gasteiger partial charge is 0.0666 e. The zero-order chi connectivity index (χ0) is 13.9. The first kappa shape index (κ1) is 14.5. The number of nitrogens with zero attached hydrogens (tertiary/aromatic N) is 2. The Morgan fingerprint density at radius 3 is 3.00 bits per heavy atom. The second-order valence-electron chi connectivity index (χ2n) is 6.12. The molecule has 2 unspecified atom stereocenters. The Bertz CT molecular complexity index is 416. The third-order valence-electron chi connectivity index (χ3n) is 4.37. The van der Waals surface area contributed by atoms with Crippen molar-refractivity contribution in [1.29, 1.82) is 0 Å². The fourth-order valence-corrected chi connectivity index (χ4v) is 3.33. The van der Waals surface area contributed by atoms with Crippen molar-refractivity contribution in [3.63, 3.8) is 0 Å². The molecule has 0 spiro atoms. The quantitative estimate of drug-likeness (QED) is 0.856. The second-order valence-corrected chi connectivity index (χ2v) is 6.12. The standard InChI is InChI=1S/C15H27N3O/c1-4-14-13(10-18(3)17-14)9-16-15(11-19)7-5-6-12(2)8-15/h10,12,16,19H,4-9,11H2,1-3H3. The lowest BCUT2D eigenvalue weighted by Crippen LogP contribution is -2.51. The molecule has 2 rings (SSSR count). The average molecular weight is 265 g/mol. The summed E-state index contributed by atoms with van der Waals surface area (Å²) in [7, 11) is 1.97. The lowest BCUT2D eigenvalue weighted by atomic mass is 9.77.